The molecule has 4 heteroatoms. The minimum absolute atomic E-state index is 0.0655. The number of nitrogens with two attached hydrogens (primary N) is 1. The molecule has 1 amide bonds. The molecule has 0 saturated carbocycles. The van der Waals surface area contributed by atoms with Gasteiger partial charge in [-0.3, -0.25) is 4.79 Å². The van der Waals surface area contributed by atoms with Gasteiger partial charge < -0.3 is 10.6 Å². The predicted molar refractivity (Wildman–Crippen MR) is 77.5 cm³/mol. The summed E-state index contributed by atoms with van der Waals surface area (Å²) in [5.41, 5.74) is 7.07. The number of hydrogen-bond donors (Lipinski definition) is 1. The molecule has 1 aromatic rings. The molecule has 1 heterocycles. The lowest BCUT2D eigenvalue weighted by Crippen LogP contribution is -2.34. The Morgan fingerprint density at radius 2 is 1.72 bits per heavy atom. The third-order valence-electron chi connectivity index (χ3n) is 3.39. The van der Waals surface area contributed by atoms with Crippen LogP contribution in [0.25, 0.3) is 0 Å². The number of likely N-dealkylation sites (tertiary alicyclic amines) is 1. The summed E-state index contributed by atoms with van der Waals surface area (Å²) in [6.07, 6.45) is 5.93. The summed E-state index contributed by atoms with van der Waals surface area (Å²) >= 11 is 3.39. The highest BCUT2D eigenvalue weighted by atomic mass is 79.9. The van der Waals surface area contributed by atoms with Gasteiger partial charge in [-0.2, -0.15) is 0 Å². The highest BCUT2D eigenvalue weighted by Crippen LogP contribution is 2.21. The number of nitrogen functional groups attached to an aromatic ring is 1. The number of anilines is 1. The van der Waals surface area contributed by atoms with Crippen molar-refractivity contribution >= 4 is 27.5 Å². The number of halogens is 1. The van der Waals surface area contributed by atoms with Crippen molar-refractivity contribution in [1.29, 1.82) is 0 Å². The van der Waals surface area contributed by atoms with Crippen molar-refractivity contribution in [3.8, 4) is 0 Å². The Kier molecular flexibility index (Phi) is 4.64. The number of amides is 1. The number of carbonyl (C=O) groups excluding carboxylic acids is 1. The number of carbonyl (C=O) groups is 1. The van der Waals surface area contributed by atoms with Gasteiger partial charge in [-0.25, -0.2) is 0 Å². The van der Waals surface area contributed by atoms with Crippen molar-refractivity contribution in [3.05, 3.63) is 28.2 Å². The van der Waals surface area contributed by atoms with Crippen molar-refractivity contribution < 1.29 is 4.79 Å². The molecule has 0 spiro atoms. The van der Waals surface area contributed by atoms with Gasteiger partial charge in [-0.05, 0) is 31.0 Å². The lowest BCUT2D eigenvalue weighted by atomic mass is 10.1. The van der Waals surface area contributed by atoms with Crippen LogP contribution in [-0.4, -0.2) is 23.9 Å². The molecule has 98 valence electrons. The van der Waals surface area contributed by atoms with Crippen LogP contribution in [0.1, 0.15) is 42.5 Å². The van der Waals surface area contributed by atoms with Crippen molar-refractivity contribution in [2.24, 2.45) is 0 Å². The molecule has 0 atom stereocenters. The molecule has 0 aliphatic carbocycles. The first kappa shape index (κ1) is 13.4. The van der Waals surface area contributed by atoms with E-state index in [1.165, 1.54) is 19.3 Å². The highest BCUT2D eigenvalue weighted by Gasteiger charge is 2.18. The number of benzene rings is 1. The van der Waals surface area contributed by atoms with Crippen LogP contribution >= 0.6 is 15.9 Å². The Bertz CT molecular complexity index is 426. The Balaban J connectivity index is 2.15. The molecule has 1 aliphatic rings. The van der Waals surface area contributed by atoms with Crippen LogP contribution in [0, 0.1) is 0 Å². The minimum Gasteiger partial charge on any atom is -0.398 e. The van der Waals surface area contributed by atoms with Gasteiger partial charge in [0.05, 0.1) is 5.56 Å². The first-order valence-corrected chi connectivity index (χ1v) is 7.32. The SMILES string of the molecule is Nc1ccc(Br)cc1C(=O)N1CCCCCCC1. The van der Waals surface area contributed by atoms with E-state index in [1.54, 1.807) is 6.07 Å². The Hall–Kier alpha value is -1.03. The summed E-state index contributed by atoms with van der Waals surface area (Å²) < 4.78 is 0.895. The van der Waals surface area contributed by atoms with Crippen LogP contribution < -0.4 is 5.73 Å². The molecule has 1 aromatic carbocycles. The lowest BCUT2D eigenvalue weighted by molar-refractivity contribution is 0.0743. The Morgan fingerprint density at radius 1 is 1.11 bits per heavy atom. The number of hydrogen-bond acceptors (Lipinski definition) is 2. The zero-order chi connectivity index (χ0) is 13.0. The van der Waals surface area contributed by atoms with E-state index in [1.807, 2.05) is 17.0 Å². The van der Waals surface area contributed by atoms with Crippen LogP contribution in [0.5, 0.6) is 0 Å². The second-order valence-corrected chi connectivity index (χ2v) is 5.71. The molecule has 0 bridgehead atoms. The molecule has 2 rings (SSSR count). The predicted octanol–water partition coefficient (Wildman–Crippen LogP) is 3.44. The largest absolute Gasteiger partial charge is 0.398 e. The second-order valence-electron chi connectivity index (χ2n) is 4.79. The number of nitrogens with zero attached hydrogens (tertiary/aromatic N) is 1. The van der Waals surface area contributed by atoms with E-state index in [-0.39, 0.29) is 5.91 Å². The molecule has 2 N–H and O–H groups in total. The fourth-order valence-electron chi connectivity index (χ4n) is 2.33. The summed E-state index contributed by atoms with van der Waals surface area (Å²) in [5.74, 6) is 0.0655. The van der Waals surface area contributed by atoms with Crippen LogP contribution in [-0.2, 0) is 0 Å². The Morgan fingerprint density at radius 3 is 2.39 bits per heavy atom. The molecular formula is C14H19BrN2O. The van der Waals surface area contributed by atoms with E-state index in [0.717, 1.165) is 30.4 Å². The molecule has 0 radical (unpaired) electrons. The van der Waals surface area contributed by atoms with E-state index >= 15 is 0 Å². The van der Waals surface area contributed by atoms with E-state index in [9.17, 15) is 4.79 Å². The summed E-state index contributed by atoms with van der Waals surface area (Å²) in [4.78, 5) is 14.4. The van der Waals surface area contributed by atoms with Gasteiger partial charge in [0.25, 0.3) is 5.91 Å². The van der Waals surface area contributed by atoms with Crippen molar-refractivity contribution in [2.75, 3.05) is 18.8 Å². The summed E-state index contributed by atoms with van der Waals surface area (Å²) in [5, 5.41) is 0. The van der Waals surface area contributed by atoms with Gasteiger partial charge in [0.15, 0.2) is 0 Å². The van der Waals surface area contributed by atoms with Crippen LogP contribution in [0.15, 0.2) is 22.7 Å². The monoisotopic (exact) mass is 310 g/mol. The molecular weight excluding hydrogens is 292 g/mol. The van der Waals surface area contributed by atoms with E-state index in [0.29, 0.717) is 11.3 Å². The molecule has 1 fully saturated rings. The highest BCUT2D eigenvalue weighted by molar-refractivity contribution is 9.10. The van der Waals surface area contributed by atoms with E-state index in [2.05, 4.69) is 15.9 Å². The lowest BCUT2D eigenvalue weighted by Gasteiger charge is -2.25. The van der Waals surface area contributed by atoms with Gasteiger partial charge in [-0.1, -0.05) is 35.2 Å². The topological polar surface area (TPSA) is 46.3 Å². The molecule has 0 unspecified atom stereocenters. The Labute approximate surface area is 116 Å². The van der Waals surface area contributed by atoms with Gasteiger partial charge >= 0.3 is 0 Å². The number of rotatable bonds is 1. The maximum absolute atomic E-state index is 12.5. The molecule has 3 nitrogen and oxygen atoms in total. The third kappa shape index (κ3) is 3.25. The van der Waals surface area contributed by atoms with Gasteiger partial charge in [0, 0.05) is 23.2 Å². The third-order valence-corrected chi connectivity index (χ3v) is 3.88. The van der Waals surface area contributed by atoms with E-state index < -0.39 is 0 Å². The maximum atomic E-state index is 12.5. The zero-order valence-corrected chi connectivity index (χ0v) is 12.1. The first-order chi connectivity index (χ1) is 8.68. The minimum atomic E-state index is 0.0655. The molecule has 1 aliphatic heterocycles. The standard InChI is InChI=1S/C14H19BrN2O/c15-11-6-7-13(16)12(10-11)14(18)17-8-4-2-1-3-5-9-17/h6-7,10H,1-5,8-9,16H2. The normalized spacial score (nSPS) is 17.1. The first-order valence-electron chi connectivity index (χ1n) is 6.53. The van der Waals surface area contributed by atoms with Crippen molar-refractivity contribution in [2.45, 2.75) is 32.1 Å². The molecule has 1 saturated heterocycles. The second kappa shape index (κ2) is 6.23. The van der Waals surface area contributed by atoms with Gasteiger partial charge in [0.2, 0.25) is 0 Å². The molecule has 0 aromatic heterocycles. The van der Waals surface area contributed by atoms with E-state index in [4.69, 9.17) is 5.73 Å². The van der Waals surface area contributed by atoms with Gasteiger partial charge in [-0.15, -0.1) is 0 Å². The quantitative estimate of drug-likeness (QED) is 0.808. The maximum Gasteiger partial charge on any atom is 0.255 e. The van der Waals surface area contributed by atoms with Crippen molar-refractivity contribution in [1.82, 2.24) is 4.90 Å². The van der Waals surface area contributed by atoms with Crippen LogP contribution in [0.2, 0.25) is 0 Å². The van der Waals surface area contributed by atoms with Crippen LogP contribution in [0.3, 0.4) is 0 Å². The summed E-state index contributed by atoms with van der Waals surface area (Å²) in [6.45, 7) is 1.70. The van der Waals surface area contributed by atoms with Crippen molar-refractivity contribution in [3.63, 3.8) is 0 Å². The molecule has 18 heavy (non-hydrogen) atoms. The summed E-state index contributed by atoms with van der Waals surface area (Å²) in [6, 6.07) is 5.46. The summed E-state index contributed by atoms with van der Waals surface area (Å²) in [7, 11) is 0. The fourth-order valence-corrected chi connectivity index (χ4v) is 2.70. The fraction of sp³-hybridized carbons (Fsp3) is 0.500. The van der Waals surface area contributed by atoms with Crippen LogP contribution in [0.4, 0.5) is 5.69 Å². The van der Waals surface area contributed by atoms with Gasteiger partial charge in [0.1, 0.15) is 0 Å². The average Bonchev–Trinajstić information content (AvgIpc) is 2.31. The smallest absolute Gasteiger partial charge is 0.255 e. The zero-order valence-electron chi connectivity index (χ0n) is 10.5. The average molecular weight is 311 g/mol.